The number of rotatable bonds is 3. The van der Waals surface area contributed by atoms with Crippen molar-refractivity contribution in [1.29, 1.82) is 0 Å². The quantitative estimate of drug-likeness (QED) is 0.881. The van der Waals surface area contributed by atoms with Gasteiger partial charge in [-0.15, -0.1) is 0 Å². The number of benzene rings is 1. The summed E-state index contributed by atoms with van der Waals surface area (Å²) >= 11 is 5.96. The number of carbonyl (C=O) groups excluding carboxylic acids is 1. The molecular formula is C15H15ClN4O2. The average molecular weight is 319 g/mol. The molecule has 2 aromatic rings. The van der Waals surface area contributed by atoms with Crippen LogP contribution in [-0.4, -0.2) is 27.3 Å². The van der Waals surface area contributed by atoms with Gasteiger partial charge < -0.3 is 10.1 Å². The van der Waals surface area contributed by atoms with Crippen LogP contribution in [0, 0.1) is 0 Å². The van der Waals surface area contributed by atoms with Crippen molar-refractivity contribution in [2.75, 3.05) is 11.9 Å². The number of anilines is 1. The van der Waals surface area contributed by atoms with Crippen molar-refractivity contribution < 1.29 is 9.53 Å². The second-order valence-corrected chi connectivity index (χ2v) is 5.30. The summed E-state index contributed by atoms with van der Waals surface area (Å²) in [5.41, 5.74) is 2.11. The van der Waals surface area contributed by atoms with E-state index in [4.69, 9.17) is 16.3 Å². The number of allylic oxidation sites excluding steroid dienone is 1. The molecule has 1 aliphatic rings. The first-order chi connectivity index (χ1) is 10.6. The summed E-state index contributed by atoms with van der Waals surface area (Å²) in [6.45, 7) is 3.92. The smallest absolute Gasteiger partial charge is 0.338 e. The highest BCUT2D eigenvalue weighted by molar-refractivity contribution is 6.30. The number of esters is 1. The lowest BCUT2D eigenvalue weighted by molar-refractivity contribution is -0.139. The highest BCUT2D eigenvalue weighted by atomic mass is 35.5. The predicted molar refractivity (Wildman–Crippen MR) is 82.6 cm³/mol. The van der Waals surface area contributed by atoms with Crippen LogP contribution in [0.4, 0.5) is 5.95 Å². The van der Waals surface area contributed by atoms with E-state index < -0.39 is 6.04 Å². The van der Waals surface area contributed by atoms with Crippen molar-refractivity contribution in [1.82, 2.24) is 14.8 Å². The molecule has 1 atom stereocenters. The summed E-state index contributed by atoms with van der Waals surface area (Å²) in [5.74, 6) is 0.221. The third-order valence-electron chi connectivity index (χ3n) is 3.48. The fraction of sp³-hybridized carbons (Fsp3) is 0.267. The molecule has 114 valence electrons. The standard InChI is InChI=1S/C15H15ClN4O2/c1-3-22-14(21)12-9(2)19-15-17-8-18-20(15)13(12)10-4-6-11(16)7-5-10/h4-8,13H,3H2,1-2H3,(H,17,18,19)/t13-/m1/s1. The van der Waals surface area contributed by atoms with Crippen LogP contribution < -0.4 is 5.32 Å². The van der Waals surface area contributed by atoms with Crippen LogP contribution in [0.5, 0.6) is 0 Å². The van der Waals surface area contributed by atoms with Crippen LogP contribution in [0.2, 0.25) is 5.02 Å². The number of carbonyl (C=O) groups is 1. The molecule has 2 heterocycles. The minimum Gasteiger partial charge on any atom is -0.463 e. The van der Waals surface area contributed by atoms with Crippen LogP contribution in [-0.2, 0) is 9.53 Å². The van der Waals surface area contributed by atoms with Gasteiger partial charge in [0.1, 0.15) is 12.4 Å². The Labute approximate surface area is 132 Å². The highest BCUT2D eigenvalue weighted by Crippen LogP contribution is 2.35. The van der Waals surface area contributed by atoms with Crippen LogP contribution in [0.15, 0.2) is 41.9 Å². The normalized spacial score (nSPS) is 17.0. The number of nitrogens with one attached hydrogen (secondary N) is 1. The van der Waals surface area contributed by atoms with Gasteiger partial charge in [0.05, 0.1) is 12.2 Å². The van der Waals surface area contributed by atoms with Crippen molar-refractivity contribution in [2.45, 2.75) is 19.9 Å². The number of fused-ring (bicyclic) bond motifs is 1. The summed E-state index contributed by atoms with van der Waals surface area (Å²) in [7, 11) is 0. The van der Waals surface area contributed by atoms with E-state index in [0.717, 1.165) is 5.56 Å². The number of ether oxygens (including phenoxy) is 1. The predicted octanol–water partition coefficient (Wildman–Crippen LogP) is 2.78. The van der Waals surface area contributed by atoms with Crippen LogP contribution in [0.1, 0.15) is 25.5 Å². The average Bonchev–Trinajstić information content (AvgIpc) is 2.94. The molecule has 0 aliphatic carbocycles. The van der Waals surface area contributed by atoms with Gasteiger partial charge in [-0.2, -0.15) is 10.1 Å². The molecule has 3 rings (SSSR count). The molecule has 0 fully saturated rings. The Morgan fingerprint density at radius 2 is 2.14 bits per heavy atom. The lowest BCUT2D eigenvalue weighted by atomic mass is 9.96. The van der Waals surface area contributed by atoms with Gasteiger partial charge in [0.15, 0.2) is 0 Å². The molecule has 0 saturated heterocycles. The Balaban J connectivity index is 2.13. The summed E-state index contributed by atoms with van der Waals surface area (Å²) in [4.78, 5) is 16.6. The SMILES string of the molecule is CCOC(=O)C1=C(C)Nc2ncnn2[C@@H]1c1ccc(Cl)cc1. The maximum atomic E-state index is 12.4. The van der Waals surface area contributed by atoms with Crippen molar-refractivity contribution in [2.24, 2.45) is 0 Å². The number of hydrogen-bond acceptors (Lipinski definition) is 5. The van der Waals surface area contributed by atoms with Gasteiger partial charge in [-0.3, -0.25) is 0 Å². The van der Waals surface area contributed by atoms with E-state index in [0.29, 0.717) is 28.8 Å². The maximum absolute atomic E-state index is 12.4. The fourth-order valence-corrected chi connectivity index (χ4v) is 2.64. The molecule has 0 bridgehead atoms. The monoisotopic (exact) mass is 318 g/mol. The third-order valence-corrected chi connectivity index (χ3v) is 3.73. The van der Waals surface area contributed by atoms with E-state index in [-0.39, 0.29) is 5.97 Å². The van der Waals surface area contributed by atoms with Crippen LogP contribution >= 0.6 is 11.6 Å². The molecule has 0 radical (unpaired) electrons. The van der Waals surface area contributed by atoms with Crippen LogP contribution in [0.25, 0.3) is 0 Å². The zero-order chi connectivity index (χ0) is 15.7. The summed E-state index contributed by atoms with van der Waals surface area (Å²) in [6.07, 6.45) is 1.45. The van der Waals surface area contributed by atoms with Crippen molar-refractivity contribution in [3.63, 3.8) is 0 Å². The maximum Gasteiger partial charge on any atom is 0.338 e. The first kappa shape index (κ1) is 14.6. The van der Waals surface area contributed by atoms with Gasteiger partial charge in [-0.25, -0.2) is 9.48 Å². The molecule has 0 spiro atoms. The van der Waals surface area contributed by atoms with E-state index in [1.807, 2.05) is 19.1 Å². The highest BCUT2D eigenvalue weighted by Gasteiger charge is 2.34. The van der Waals surface area contributed by atoms with Crippen molar-refractivity contribution in [3.05, 3.63) is 52.4 Å². The molecular weight excluding hydrogens is 304 g/mol. The number of aromatic nitrogens is 3. The number of hydrogen-bond donors (Lipinski definition) is 1. The molecule has 6 nitrogen and oxygen atoms in total. The minimum atomic E-state index is -0.393. The van der Waals surface area contributed by atoms with Crippen molar-refractivity contribution in [3.8, 4) is 0 Å². The summed E-state index contributed by atoms with van der Waals surface area (Å²) < 4.78 is 6.86. The summed E-state index contributed by atoms with van der Waals surface area (Å²) in [6, 6.07) is 6.92. The molecule has 1 N–H and O–H groups in total. The molecule has 1 aliphatic heterocycles. The molecule has 1 aromatic carbocycles. The molecule has 0 unspecified atom stereocenters. The Morgan fingerprint density at radius 3 is 2.82 bits per heavy atom. The van der Waals surface area contributed by atoms with E-state index in [1.54, 1.807) is 23.7 Å². The largest absolute Gasteiger partial charge is 0.463 e. The third kappa shape index (κ3) is 2.46. The minimum absolute atomic E-state index is 0.313. The van der Waals surface area contributed by atoms with Crippen LogP contribution in [0.3, 0.4) is 0 Å². The second kappa shape index (κ2) is 5.81. The first-order valence-electron chi connectivity index (χ1n) is 6.91. The Hall–Kier alpha value is -2.34. The molecule has 0 saturated carbocycles. The number of nitrogens with zero attached hydrogens (tertiary/aromatic N) is 3. The number of halogens is 1. The topological polar surface area (TPSA) is 69.0 Å². The van der Waals surface area contributed by atoms with Gasteiger partial charge in [0, 0.05) is 10.7 Å². The lowest BCUT2D eigenvalue weighted by Gasteiger charge is -2.28. The van der Waals surface area contributed by atoms with E-state index in [1.165, 1.54) is 6.33 Å². The molecule has 1 aromatic heterocycles. The van der Waals surface area contributed by atoms with Gasteiger partial charge in [-0.05, 0) is 31.5 Å². The van der Waals surface area contributed by atoms with E-state index in [9.17, 15) is 4.79 Å². The Kier molecular flexibility index (Phi) is 3.85. The Morgan fingerprint density at radius 1 is 1.41 bits per heavy atom. The Bertz CT molecular complexity index is 736. The van der Waals surface area contributed by atoms with E-state index >= 15 is 0 Å². The van der Waals surface area contributed by atoms with E-state index in [2.05, 4.69) is 15.4 Å². The van der Waals surface area contributed by atoms with Gasteiger partial charge in [0.25, 0.3) is 0 Å². The zero-order valence-corrected chi connectivity index (χ0v) is 13.0. The molecule has 22 heavy (non-hydrogen) atoms. The summed E-state index contributed by atoms with van der Waals surface area (Å²) in [5, 5.41) is 7.95. The van der Waals surface area contributed by atoms with Gasteiger partial charge in [0.2, 0.25) is 5.95 Å². The fourth-order valence-electron chi connectivity index (χ4n) is 2.52. The lowest BCUT2D eigenvalue weighted by Crippen LogP contribution is -2.29. The molecule has 0 amide bonds. The molecule has 7 heteroatoms. The zero-order valence-electron chi connectivity index (χ0n) is 12.2. The van der Waals surface area contributed by atoms with Crippen molar-refractivity contribution >= 4 is 23.5 Å². The van der Waals surface area contributed by atoms with Gasteiger partial charge >= 0.3 is 5.97 Å². The second-order valence-electron chi connectivity index (χ2n) is 4.87. The van der Waals surface area contributed by atoms with Gasteiger partial charge in [-0.1, -0.05) is 23.7 Å². The first-order valence-corrected chi connectivity index (χ1v) is 7.29.